The first kappa shape index (κ1) is 12.8. The summed E-state index contributed by atoms with van der Waals surface area (Å²) in [6.45, 7) is 2.40. The van der Waals surface area contributed by atoms with Gasteiger partial charge in [0.15, 0.2) is 0 Å². The Bertz CT molecular complexity index is 568. The number of nitrogens with zero attached hydrogens (tertiary/aromatic N) is 1. The second kappa shape index (κ2) is 5.07. The maximum Gasteiger partial charge on any atom is 0.257 e. The number of hydrogen-bond acceptors (Lipinski definition) is 4. The van der Waals surface area contributed by atoms with Crippen molar-refractivity contribution in [3.63, 3.8) is 0 Å². The van der Waals surface area contributed by atoms with E-state index in [4.69, 9.17) is 9.47 Å². The van der Waals surface area contributed by atoms with E-state index >= 15 is 0 Å². The van der Waals surface area contributed by atoms with Crippen LogP contribution >= 0.6 is 0 Å². The zero-order valence-electron chi connectivity index (χ0n) is 11.7. The molecule has 3 rings (SSSR count). The molecule has 1 N–H and O–H groups in total. The van der Waals surface area contributed by atoms with E-state index < -0.39 is 0 Å². The van der Waals surface area contributed by atoms with Crippen molar-refractivity contribution < 1.29 is 14.3 Å². The van der Waals surface area contributed by atoms with E-state index in [1.165, 1.54) is 5.57 Å². The van der Waals surface area contributed by atoms with Crippen LogP contribution in [0.1, 0.15) is 10.4 Å². The van der Waals surface area contributed by atoms with E-state index in [2.05, 4.69) is 5.32 Å². The average Bonchev–Trinajstić information content (AvgIpc) is 3.07. The summed E-state index contributed by atoms with van der Waals surface area (Å²) in [4.78, 5) is 14.5. The normalized spacial score (nSPS) is 20.2. The molecule has 0 spiro atoms. The molecule has 1 atom stereocenters. The summed E-state index contributed by atoms with van der Waals surface area (Å²) in [5, 5.41) is 3.22. The van der Waals surface area contributed by atoms with Crippen LogP contribution in [0, 0.1) is 5.92 Å². The first-order valence-electron chi connectivity index (χ1n) is 6.66. The van der Waals surface area contributed by atoms with Crippen molar-refractivity contribution >= 4 is 5.91 Å². The van der Waals surface area contributed by atoms with Crippen molar-refractivity contribution in [1.82, 2.24) is 10.2 Å². The summed E-state index contributed by atoms with van der Waals surface area (Å²) in [5.74, 6) is 1.71. The van der Waals surface area contributed by atoms with E-state index in [9.17, 15) is 4.79 Å². The average molecular weight is 274 g/mol. The minimum absolute atomic E-state index is 0.0137. The van der Waals surface area contributed by atoms with Gasteiger partial charge in [-0.2, -0.15) is 0 Å². The van der Waals surface area contributed by atoms with Gasteiger partial charge in [-0.05, 0) is 23.9 Å². The molecule has 0 saturated carbocycles. The molecule has 20 heavy (non-hydrogen) atoms. The van der Waals surface area contributed by atoms with Crippen LogP contribution in [0.3, 0.4) is 0 Å². The van der Waals surface area contributed by atoms with Crippen LogP contribution in [0.2, 0.25) is 0 Å². The molecular weight excluding hydrogens is 256 g/mol. The maximum atomic E-state index is 12.6. The molecule has 106 valence electrons. The number of nitrogens with one attached hydrogen (secondary N) is 1. The number of carbonyl (C=O) groups excluding carboxylic acids is 1. The summed E-state index contributed by atoms with van der Waals surface area (Å²) in [5.41, 5.74) is 1.90. The fourth-order valence-corrected chi connectivity index (χ4v) is 2.79. The molecule has 2 aliphatic heterocycles. The minimum atomic E-state index is 0.0137. The summed E-state index contributed by atoms with van der Waals surface area (Å²) < 4.78 is 10.5. The smallest absolute Gasteiger partial charge is 0.257 e. The quantitative estimate of drug-likeness (QED) is 0.901. The molecule has 0 radical (unpaired) electrons. The van der Waals surface area contributed by atoms with Crippen molar-refractivity contribution in [2.45, 2.75) is 0 Å². The van der Waals surface area contributed by atoms with Gasteiger partial charge >= 0.3 is 0 Å². The number of fused-ring (bicyclic) bond motifs is 1. The largest absolute Gasteiger partial charge is 0.497 e. The third kappa shape index (κ3) is 2.09. The highest BCUT2D eigenvalue weighted by Gasteiger charge is 2.33. The molecule has 1 aromatic carbocycles. The van der Waals surface area contributed by atoms with Gasteiger partial charge in [0.05, 0.1) is 19.8 Å². The number of rotatable bonds is 3. The van der Waals surface area contributed by atoms with E-state index in [-0.39, 0.29) is 5.91 Å². The highest BCUT2D eigenvalue weighted by molar-refractivity contribution is 5.97. The second-order valence-corrected chi connectivity index (χ2v) is 5.08. The zero-order valence-corrected chi connectivity index (χ0v) is 11.7. The lowest BCUT2D eigenvalue weighted by molar-refractivity contribution is 0.0785. The van der Waals surface area contributed by atoms with Gasteiger partial charge in [0, 0.05) is 31.6 Å². The van der Waals surface area contributed by atoms with E-state index in [0.717, 1.165) is 13.1 Å². The van der Waals surface area contributed by atoms with Crippen LogP contribution < -0.4 is 14.8 Å². The molecule has 5 nitrogen and oxygen atoms in total. The minimum Gasteiger partial charge on any atom is -0.497 e. The fraction of sp³-hybridized carbons (Fsp3) is 0.400. The molecule has 1 amide bonds. The number of methoxy groups -OCH3 is 2. The second-order valence-electron chi connectivity index (χ2n) is 5.08. The number of hydrogen-bond donors (Lipinski definition) is 1. The van der Waals surface area contributed by atoms with Gasteiger partial charge in [0.25, 0.3) is 5.91 Å². The Hall–Kier alpha value is -2.17. The molecule has 0 aliphatic carbocycles. The lowest BCUT2D eigenvalue weighted by atomic mass is 10.1. The Kier molecular flexibility index (Phi) is 3.26. The summed E-state index contributed by atoms with van der Waals surface area (Å²) in [6.07, 6.45) is 2.03. The Morgan fingerprint density at radius 2 is 2.20 bits per heavy atom. The number of ether oxygens (including phenoxy) is 2. The topological polar surface area (TPSA) is 50.8 Å². The summed E-state index contributed by atoms with van der Waals surface area (Å²) >= 11 is 0. The molecule has 2 aliphatic rings. The number of likely N-dealkylation sites (tertiary alicyclic amines) is 1. The third-order valence-corrected chi connectivity index (χ3v) is 3.92. The number of carbonyl (C=O) groups is 1. The molecule has 1 unspecified atom stereocenters. The van der Waals surface area contributed by atoms with Crippen molar-refractivity contribution in [2.75, 3.05) is 33.9 Å². The van der Waals surface area contributed by atoms with Crippen LogP contribution in [0.5, 0.6) is 11.5 Å². The molecule has 1 saturated heterocycles. The Labute approximate surface area is 118 Å². The monoisotopic (exact) mass is 274 g/mol. The van der Waals surface area contributed by atoms with Gasteiger partial charge in [-0.1, -0.05) is 0 Å². The standard InChI is InChI=1S/C15H18N2O3/c1-19-12-3-4-13(14(5-12)20-2)15(18)17-8-10-6-16-7-11(10)9-17/h3-6,11,16H,7-9H2,1-2H3. The van der Waals surface area contributed by atoms with Crippen LogP contribution in [0.15, 0.2) is 30.0 Å². The molecule has 1 aromatic rings. The highest BCUT2D eigenvalue weighted by atomic mass is 16.5. The summed E-state index contributed by atoms with van der Waals surface area (Å²) in [7, 11) is 3.16. The van der Waals surface area contributed by atoms with Gasteiger partial charge in [-0.3, -0.25) is 4.79 Å². The van der Waals surface area contributed by atoms with Gasteiger partial charge in [-0.15, -0.1) is 0 Å². The molecule has 0 aromatic heterocycles. The first-order valence-corrected chi connectivity index (χ1v) is 6.66. The van der Waals surface area contributed by atoms with Crippen LogP contribution in [0.25, 0.3) is 0 Å². The van der Waals surface area contributed by atoms with Crippen LogP contribution in [-0.4, -0.2) is 44.7 Å². The van der Waals surface area contributed by atoms with Gasteiger partial charge in [0.1, 0.15) is 11.5 Å². The molecule has 2 heterocycles. The Morgan fingerprint density at radius 1 is 1.35 bits per heavy atom. The van der Waals surface area contributed by atoms with E-state index in [0.29, 0.717) is 29.5 Å². The molecule has 5 heteroatoms. The lowest BCUT2D eigenvalue weighted by Gasteiger charge is -2.18. The number of amides is 1. The van der Waals surface area contributed by atoms with Gasteiger partial charge in [0.2, 0.25) is 0 Å². The van der Waals surface area contributed by atoms with E-state index in [1.54, 1.807) is 32.4 Å². The predicted octanol–water partition coefficient (Wildman–Crippen LogP) is 1.26. The predicted molar refractivity (Wildman–Crippen MR) is 75.0 cm³/mol. The summed E-state index contributed by atoms with van der Waals surface area (Å²) in [6, 6.07) is 5.29. The molecular formula is C15H18N2O3. The SMILES string of the molecule is COc1ccc(C(=O)N2CC3=CNCC3C2)c(OC)c1. The zero-order chi connectivity index (χ0) is 14.1. The van der Waals surface area contributed by atoms with Gasteiger partial charge < -0.3 is 19.7 Å². The first-order chi connectivity index (χ1) is 9.72. The third-order valence-electron chi connectivity index (χ3n) is 3.92. The molecule has 1 fully saturated rings. The van der Waals surface area contributed by atoms with E-state index in [1.807, 2.05) is 11.1 Å². The maximum absolute atomic E-state index is 12.6. The highest BCUT2D eigenvalue weighted by Crippen LogP contribution is 2.30. The van der Waals surface area contributed by atoms with Gasteiger partial charge in [-0.25, -0.2) is 0 Å². The van der Waals surface area contributed by atoms with Crippen LogP contribution in [0.4, 0.5) is 0 Å². The fourth-order valence-electron chi connectivity index (χ4n) is 2.79. The Balaban J connectivity index is 1.84. The Morgan fingerprint density at radius 3 is 2.90 bits per heavy atom. The van der Waals surface area contributed by atoms with Crippen LogP contribution in [-0.2, 0) is 0 Å². The van der Waals surface area contributed by atoms with Crippen molar-refractivity contribution in [3.05, 3.63) is 35.5 Å². The van der Waals surface area contributed by atoms with Crippen molar-refractivity contribution in [2.24, 2.45) is 5.92 Å². The van der Waals surface area contributed by atoms with Crippen molar-refractivity contribution in [1.29, 1.82) is 0 Å². The van der Waals surface area contributed by atoms with Crippen molar-refractivity contribution in [3.8, 4) is 11.5 Å². The molecule has 0 bridgehead atoms. The lowest BCUT2D eigenvalue weighted by Crippen LogP contribution is -2.30. The number of benzene rings is 1.